The maximum atomic E-state index is 12.4. The third kappa shape index (κ3) is 4.09. The van der Waals surface area contributed by atoms with Crippen LogP contribution in [0.1, 0.15) is 29.7 Å². The van der Waals surface area contributed by atoms with E-state index >= 15 is 0 Å². The number of aryl methyl sites for hydroxylation is 2. The van der Waals surface area contributed by atoms with Gasteiger partial charge in [0.2, 0.25) is 5.91 Å². The van der Waals surface area contributed by atoms with Crippen LogP contribution in [0, 0.1) is 6.92 Å². The highest BCUT2D eigenvalue weighted by Crippen LogP contribution is 2.24. The highest BCUT2D eigenvalue weighted by molar-refractivity contribution is 6.30. The third-order valence-electron chi connectivity index (χ3n) is 3.87. The Bertz CT molecular complexity index is 671. The molecule has 1 aromatic carbocycles. The van der Waals surface area contributed by atoms with Gasteiger partial charge in [0.25, 0.3) is 0 Å². The van der Waals surface area contributed by atoms with Crippen LogP contribution in [-0.4, -0.2) is 45.7 Å². The van der Waals surface area contributed by atoms with Crippen molar-refractivity contribution in [3.05, 3.63) is 46.5 Å². The molecule has 7 heteroatoms. The molecule has 0 bridgehead atoms. The molecule has 6 nitrogen and oxygen atoms in total. The molecule has 2 heterocycles. The maximum absolute atomic E-state index is 12.4. The third-order valence-corrected chi connectivity index (χ3v) is 4.12. The van der Waals surface area contributed by atoms with Crippen molar-refractivity contribution in [3.8, 4) is 0 Å². The fourth-order valence-corrected chi connectivity index (χ4v) is 2.76. The molecule has 0 aliphatic carbocycles. The van der Waals surface area contributed by atoms with E-state index in [1.54, 1.807) is 0 Å². The first-order valence-electron chi connectivity index (χ1n) is 7.64. The van der Waals surface area contributed by atoms with Crippen LogP contribution in [0.3, 0.4) is 0 Å². The van der Waals surface area contributed by atoms with E-state index in [-0.39, 0.29) is 12.0 Å². The van der Waals surface area contributed by atoms with Crippen LogP contribution in [0.25, 0.3) is 0 Å². The average molecular weight is 335 g/mol. The number of halogens is 1. The molecule has 2 aromatic rings. The van der Waals surface area contributed by atoms with Gasteiger partial charge in [0.15, 0.2) is 5.82 Å². The monoisotopic (exact) mass is 334 g/mol. The first kappa shape index (κ1) is 16.0. The van der Waals surface area contributed by atoms with Crippen LogP contribution in [0.15, 0.2) is 24.3 Å². The zero-order valence-corrected chi connectivity index (χ0v) is 13.7. The summed E-state index contributed by atoms with van der Waals surface area (Å²) in [4.78, 5) is 18.5. The van der Waals surface area contributed by atoms with E-state index in [1.807, 2.05) is 36.1 Å². The van der Waals surface area contributed by atoms with Crippen molar-refractivity contribution >= 4 is 17.5 Å². The molecule has 1 amide bonds. The second-order valence-electron chi connectivity index (χ2n) is 5.59. The van der Waals surface area contributed by atoms with Gasteiger partial charge in [0.05, 0.1) is 13.2 Å². The van der Waals surface area contributed by atoms with Crippen LogP contribution in [0.5, 0.6) is 0 Å². The minimum Gasteiger partial charge on any atom is -0.370 e. The van der Waals surface area contributed by atoms with Gasteiger partial charge in [0, 0.05) is 24.4 Å². The Kier molecular flexibility index (Phi) is 4.93. The molecule has 1 aliphatic heterocycles. The topological polar surface area (TPSA) is 71.1 Å². The first-order valence-corrected chi connectivity index (χ1v) is 8.02. The Balaban J connectivity index is 1.57. The van der Waals surface area contributed by atoms with Crippen LogP contribution in [0.4, 0.5) is 0 Å². The second kappa shape index (κ2) is 7.10. The maximum Gasteiger partial charge on any atom is 0.223 e. The fourth-order valence-electron chi connectivity index (χ4n) is 2.63. The molecule has 1 aliphatic rings. The van der Waals surface area contributed by atoms with Crippen molar-refractivity contribution in [1.82, 2.24) is 20.1 Å². The Morgan fingerprint density at radius 2 is 2.22 bits per heavy atom. The lowest BCUT2D eigenvalue weighted by atomic mass is 10.1. The number of ether oxygens (including phenoxy) is 1. The lowest BCUT2D eigenvalue weighted by molar-refractivity contribution is -0.139. The van der Waals surface area contributed by atoms with E-state index in [0.717, 1.165) is 11.4 Å². The molecule has 0 radical (unpaired) electrons. The summed E-state index contributed by atoms with van der Waals surface area (Å²) in [5.41, 5.74) is 1.04. The SMILES string of the molecule is Cc1nc(CCC(=O)N2CCO[C@H](c3ccc(Cl)cc3)C2)n[nH]1. The van der Waals surface area contributed by atoms with Gasteiger partial charge in [0.1, 0.15) is 11.9 Å². The number of H-pyrrole nitrogens is 1. The lowest BCUT2D eigenvalue weighted by Crippen LogP contribution is -2.42. The predicted octanol–water partition coefficient (Wildman–Crippen LogP) is 2.30. The number of benzene rings is 1. The molecule has 23 heavy (non-hydrogen) atoms. The Hall–Kier alpha value is -1.92. The van der Waals surface area contributed by atoms with Gasteiger partial charge in [-0.3, -0.25) is 9.89 Å². The predicted molar refractivity (Wildman–Crippen MR) is 86.2 cm³/mol. The van der Waals surface area contributed by atoms with E-state index in [2.05, 4.69) is 15.2 Å². The van der Waals surface area contributed by atoms with Gasteiger partial charge in [-0.2, -0.15) is 5.10 Å². The first-order chi connectivity index (χ1) is 11.1. The summed E-state index contributed by atoms with van der Waals surface area (Å²) < 4.78 is 5.78. The molecule has 3 rings (SSSR count). The van der Waals surface area contributed by atoms with E-state index in [9.17, 15) is 4.79 Å². The molecule has 0 saturated carbocycles. The minimum absolute atomic E-state index is 0.101. The number of nitrogens with zero attached hydrogens (tertiary/aromatic N) is 3. The average Bonchev–Trinajstić information content (AvgIpc) is 2.99. The molecular formula is C16H19ClN4O2. The zero-order valence-electron chi connectivity index (χ0n) is 13.0. The highest BCUT2D eigenvalue weighted by Gasteiger charge is 2.25. The molecule has 0 unspecified atom stereocenters. The van der Waals surface area contributed by atoms with Gasteiger partial charge in [-0.25, -0.2) is 4.98 Å². The van der Waals surface area contributed by atoms with Crippen LogP contribution in [0.2, 0.25) is 5.02 Å². The van der Waals surface area contributed by atoms with Gasteiger partial charge in [-0.1, -0.05) is 23.7 Å². The minimum atomic E-state index is -0.101. The molecular weight excluding hydrogens is 316 g/mol. The van der Waals surface area contributed by atoms with E-state index in [0.29, 0.717) is 43.4 Å². The number of aromatic amines is 1. The van der Waals surface area contributed by atoms with Crippen molar-refractivity contribution in [2.45, 2.75) is 25.9 Å². The van der Waals surface area contributed by atoms with Crippen molar-refractivity contribution < 1.29 is 9.53 Å². The molecule has 1 fully saturated rings. The zero-order chi connectivity index (χ0) is 16.2. The highest BCUT2D eigenvalue weighted by atomic mass is 35.5. The second-order valence-corrected chi connectivity index (χ2v) is 6.02. The normalized spacial score (nSPS) is 18.2. The van der Waals surface area contributed by atoms with Crippen LogP contribution < -0.4 is 0 Å². The summed E-state index contributed by atoms with van der Waals surface area (Å²) in [7, 11) is 0. The van der Waals surface area contributed by atoms with Crippen molar-refractivity contribution in [3.63, 3.8) is 0 Å². The summed E-state index contributed by atoms with van der Waals surface area (Å²) in [5, 5.41) is 7.54. The number of hydrogen-bond acceptors (Lipinski definition) is 4. The molecule has 1 N–H and O–H groups in total. The van der Waals surface area contributed by atoms with Gasteiger partial charge < -0.3 is 9.64 Å². The van der Waals surface area contributed by atoms with Crippen molar-refractivity contribution in [2.75, 3.05) is 19.7 Å². The molecule has 0 spiro atoms. The van der Waals surface area contributed by atoms with E-state index in [4.69, 9.17) is 16.3 Å². The Morgan fingerprint density at radius 1 is 1.43 bits per heavy atom. The fraction of sp³-hybridized carbons (Fsp3) is 0.438. The number of amides is 1. The molecule has 1 saturated heterocycles. The summed E-state index contributed by atoms with van der Waals surface area (Å²) in [5.74, 6) is 1.55. The van der Waals surface area contributed by atoms with Gasteiger partial charge >= 0.3 is 0 Å². The largest absolute Gasteiger partial charge is 0.370 e. The standard InChI is InChI=1S/C16H19ClN4O2/c1-11-18-15(20-19-11)6-7-16(22)21-8-9-23-14(10-21)12-2-4-13(17)5-3-12/h2-5,14H,6-10H2,1H3,(H,18,19,20)/t14-/m0/s1. The Morgan fingerprint density at radius 3 is 2.91 bits per heavy atom. The summed E-state index contributed by atoms with van der Waals surface area (Å²) in [6.07, 6.45) is 0.854. The molecule has 1 aromatic heterocycles. The number of hydrogen-bond donors (Lipinski definition) is 1. The van der Waals surface area contributed by atoms with Crippen molar-refractivity contribution in [2.24, 2.45) is 0 Å². The van der Waals surface area contributed by atoms with Gasteiger partial charge in [-0.15, -0.1) is 0 Å². The quantitative estimate of drug-likeness (QED) is 0.931. The number of carbonyl (C=O) groups is 1. The number of aromatic nitrogens is 3. The number of morpholine rings is 1. The van der Waals surface area contributed by atoms with Gasteiger partial charge in [-0.05, 0) is 24.6 Å². The van der Waals surface area contributed by atoms with E-state index in [1.165, 1.54) is 0 Å². The lowest BCUT2D eigenvalue weighted by Gasteiger charge is -2.33. The van der Waals surface area contributed by atoms with E-state index < -0.39 is 0 Å². The Labute approximate surface area is 139 Å². The van der Waals surface area contributed by atoms with Crippen molar-refractivity contribution in [1.29, 1.82) is 0 Å². The van der Waals surface area contributed by atoms with Crippen LogP contribution in [-0.2, 0) is 16.0 Å². The number of carbonyl (C=O) groups excluding carboxylic acids is 1. The summed E-state index contributed by atoms with van der Waals surface area (Å²) >= 11 is 5.91. The number of rotatable bonds is 4. The smallest absolute Gasteiger partial charge is 0.223 e. The molecule has 122 valence electrons. The summed E-state index contributed by atoms with van der Waals surface area (Å²) in [6.45, 7) is 3.57. The number of nitrogens with one attached hydrogen (secondary N) is 1. The van der Waals surface area contributed by atoms with Crippen LogP contribution >= 0.6 is 11.6 Å². The summed E-state index contributed by atoms with van der Waals surface area (Å²) in [6, 6.07) is 7.56. The molecule has 1 atom stereocenters.